The Hall–Kier alpha value is -2.35. The van der Waals surface area contributed by atoms with Crippen molar-refractivity contribution >= 4 is 50.5 Å². The van der Waals surface area contributed by atoms with Gasteiger partial charge in [0.25, 0.3) is 10.0 Å². The van der Waals surface area contributed by atoms with Crippen molar-refractivity contribution in [3.8, 4) is 0 Å². The van der Waals surface area contributed by atoms with Gasteiger partial charge in [-0.25, -0.2) is 8.42 Å². The van der Waals surface area contributed by atoms with Crippen molar-refractivity contribution in [3.05, 3.63) is 70.7 Å². The summed E-state index contributed by atoms with van der Waals surface area (Å²) in [4.78, 5) is 0.0832. The molecule has 2 aromatic carbocycles. The van der Waals surface area contributed by atoms with Crippen molar-refractivity contribution in [2.45, 2.75) is 4.90 Å². The summed E-state index contributed by atoms with van der Waals surface area (Å²) in [6.45, 7) is 0. The van der Waals surface area contributed by atoms with Crippen LogP contribution in [0.1, 0.15) is 0 Å². The fraction of sp³-hybridized carbons (Fsp3) is 0. The molecule has 3 aromatic rings. The Morgan fingerprint density at radius 2 is 1.48 bits per heavy atom. The minimum absolute atomic E-state index is 0.0832. The summed E-state index contributed by atoms with van der Waals surface area (Å²) in [5.41, 5.74) is 0.747. The van der Waals surface area contributed by atoms with Gasteiger partial charge < -0.3 is 5.32 Å². The number of hydrogen-bond donors (Lipinski definition) is 2. The number of benzene rings is 2. The van der Waals surface area contributed by atoms with E-state index in [0.29, 0.717) is 15.9 Å². The molecule has 0 spiro atoms. The van der Waals surface area contributed by atoms with Crippen LogP contribution >= 0.6 is 23.2 Å². The Labute approximate surface area is 154 Å². The molecular formula is C16H12Cl2N4O2S. The molecule has 0 unspecified atom stereocenters. The lowest BCUT2D eigenvalue weighted by molar-refractivity contribution is 0.601. The Morgan fingerprint density at radius 3 is 2.12 bits per heavy atom. The van der Waals surface area contributed by atoms with Crippen LogP contribution in [0.2, 0.25) is 10.0 Å². The highest BCUT2D eigenvalue weighted by Crippen LogP contribution is 2.20. The number of halogens is 2. The van der Waals surface area contributed by atoms with E-state index in [1.165, 1.54) is 30.3 Å². The van der Waals surface area contributed by atoms with Crippen LogP contribution < -0.4 is 10.0 Å². The van der Waals surface area contributed by atoms with Gasteiger partial charge in [0.05, 0.1) is 4.90 Å². The van der Waals surface area contributed by atoms with E-state index in [0.717, 1.165) is 5.69 Å². The number of aromatic nitrogens is 2. The first-order chi connectivity index (χ1) is 11.9. The van der Waals surface area contributed by atoms with Crippen molar-refractivity contribution in [1.82, 2.24) is 10.2 Å². The highest BCUT2D eigenvalue weighted by Gasteiger charge is 2.15. The third-order valence-corrected chi connectivity index (χ3v) is 4.98. The Balaban J connectivity index is 1.73. The molecule has 0 atom stereocenters. The predicted molar refractivity (Wildman–Crippen MR) is 99.0 cm³/mol. The zero-order valence-corrected chi connectivity index (χ0v) is 15.0. The Kier molecular flexibility index (Phi) is 5.08. The lowest BCUT2D eigenvalue weighted by atomic mass is 10.3. The van der Waals surface area contributed by atoms with Gasteiger partial charge in [-0.2, -0.15) is 0 Å². The smallest absolute Gasteiger partial charge is 0.263 e. The monoisotopic (exact) mass is 394 g/mol. The molecule has 128 valence electrons. The van der Waals surface area contributed by atoms with Gasteiger partial charge in [-0.3, -0.25) is 4.72 Å². The molecule has 1 aromatic heterocycles. The molecule has 3 rings (SSSR count). The van der Waals surface area contributed by atoms with Gasteiger partial charge >= 0.3 is 0 Å². The minimum atomic E-state index is -3.76. The molecule has 0 bridgehead atoms. The Morgan fingerprint density at radius 1 is 0.800 bits per heavy atom. The summed E-state index contributed by atoms with van der Waals surface area (Å²) < 4.78 is 26.9. The van der Waals surface area contributed by atoms with Gasteiger partial charge in [0, 0.05) is 15.7 Å². The van der Waals surface area contributed by atoms with E-state index in [1.54, 1.807) is 24.3 Å². The summed E-state index contributed by atoms with van der Waals surface area (Å²) >= 11 is 11.7. The van der Waals surface area contributed by atoms with E-state index < -0.39 is 10.0 Å². The van der Waals surface area contributed by atoms with E-state index in [2.05, 4.69) is 20.2 Å². The van der Waals surface area contributed by atoms with Crippen LogP contribution in [0.4, 0.5) is 17.3 Å². The van der Waals surface area contributed by atoms with Gasteiger partial charge in [-0.15, -0.1) is 10.2 Å². The fourth-order valence-electron chi connectivity index (χ4n) is 1.98. The van der Waals surface area contributed by atoms with E-state index in [4.69, 9.17) is 23.2 Å². The normalized spacial score (nSPS) is 11.1. The number of nitrogens with one attached hydrogen (secondary N) is 2. The van der Waals surface area contributed by atoms with Gasteiger partial charge in [0.15, 0.2) is 11.6 Å². The molecule has 0 saturated carbocycles. The number of hydrogen-bond acceptors (Lipinski definition) is 5. The SMILES string of the molecule is O=S(=O)(Nc1ccc(Nc2cccc(Cl)c2)nn1)c1ccc(Cl)cc1. The lowest BCUT2D eigenvalue weighted by Crippen LogP contribution is -2.14. The van der Waals surface area contributed by atoms with E-state index >= 15 is 0 Å². The van der Waals surface area contributed by atoms with Crippen molar-refractivity contribution in [3.63, 3.8) is 0 Å². The maximum atomic E-state index is 12.3. The fourth-order valence-corrected chi connectivity index (χ4v) is 3.29. The summed E-state index contributed by atoms with van der Waals surface area (Å²) in [6.07, 6.45) is 0. The molecule has 1 heterocycles. The maximum Gasteiger partial charge on any atom is 0.263 e. The standard InChI is InChI=1S/C16H12Cl2N4O2S/c17-11-4-6-14(7-5-11)25(23,24)22-16-9-8-15(20-21-16)19-13-3-1-2-12(18)10-13/h1-10H,(H,19,20)(H,21,22). The van der Waals surface area contributed by atoms with Crippen LogP contribution in [0.3, 0.4) is 0 Å². The summed E-state index contributed by atoms with van der Waals surface area (Å²) in [6, 6.07) is 16.0. The van der Waals surface area contributed by atoms with Gasteiger partial charge in [-0.1, -0.05) is 29.3 Å². The van der Waals surface area contributed by atoms with Crippen molar-refractivity contribution in [2.75, 3.05) is 10.0 Å². The second-order valence-corrected chi connectivity index (χ2v) is 7.55. The zero-order chi connectivity index (χ0) is 17.9. The second-order valence-electron chi connectivity index (χ2n) is 5.00. The molecule has 0 amide bonds. The highest BCUT2D eigenvalue weighted by molar-refractivity contribution is 7.92. The van der Waals surface area contributed by atoms with Crippen LogP contribution in [0.15, 0.2) is 65.6 Å². The molecule has 0 aliphatic rings. The number of anilines is 3. The first-order valence-electron chi connectivity index (χ1n) is 7.07. The first-order valence-corrected chi connectivity index (χ1v) is 9.31. The number of nitrogens with zero attached hydrogens (tertiary/aromatic N) is 2. The maximum absolute atomic E-state index is 12.3. The van der Waals surface area contributed by atoms with E-state index in [9.17, 15) is 8.42 Å². The van der Waals surface area contributed by atoms with Crippen LogP contribution in [0.5, 0.6) is 0 Å². The van der Waals surface area contributed by atoms with Gasteiger partial charge in [0.1, 0.15) is 0 Å². The predicted octanol–water partition coefficient (Wildman–Crippen LogP) is 4.33. The molecule has 0 fully saturated rings. The third-order valence-electron chi connectivity index (χ3n) is 3.12. The molecule has 0 radical (unpaired) electrons. The topological polar surface area (TPSA) is 84.0 Å². The van der Waals surface area contributed by atoms with Crippen LogP contribution in [-0.4, -0.2) is 18.6 Å². The Bertz CT molecular complexity index is 978. The molecule has 9 heteroatoms. The average Bonchev–Trinajstić information content (AvgIpc) is 2.57. The summed E-state index contributed by atoms with van der Waals surface area (Å²) in [7, 11) is -3.76. The van der Waals surface area contributed by atoms with Crippen molar-refractivity contribution < 1.29 is 8.42 Å². The second kappa shape index (κ2) is 7.26. The molecule has 0 aliphatic heterocycles. The first kappa shape index (κ1) is 17.5. The van der Waals surface area contributed by atoms with Crippen molar-refractivity contribution in [2.24, 2.45) is 0 Å². The third kappa shape index (κ3) is 4.60. The van der Waals surface area contributed by atoms with E-state index in [-0.39, 0.29) is 10.7 Å². The summed E-state index contributed by atoms with van der Waals surface area (Å²) in [5, 5.41) is 11.9. The van der Waals surface area contributed by atoms with E-state index in [1.807, 2.05) is 6.07 Å². The summed E-state index contributed by atoms with van der Waals surface area (Å²) in [5.74, 6) is 0.559. The number of rotatable bonds is 5. The molecule has 0 saturated heterocycles. The number of sulfonamides is 1. The molecule has 25 heavy (non-hydrogen) atoms. The molecule has 0 aliphatic carbocycles. The quantitative estimate of drug-likeness (QED) is 0.672. The van der Waals surface area contributed by atoms with Crippen molar-refractivity contribution in [1.29, 1.82) is 0 Å². The highest BCUT2D eigenvalue weighted by atomic mass is 35.5. The van der Waals surface area contributed by atoms with Gasteiger partial charge in [0.2, 0.25) is 0 Å². The zero-order valence-electron chi connectivity index (χ0n) is 12.6. The lowest BCUT2D eigenvalue weighted by Gasteiger charge is -2.08. The van der Waals surface area contributed by atoms with Crippen LogP contribution in [-0.2, 0) is 10.0 Å². The van der Waals surface area contributed by atoms with Gasteiger partial charge in [-0.05, 0) is 54.6 Å². The van der Waals surface area contributed by atoms with Crippen LogP contribution in [0.25, 0.3) is 0 Å². The average molecular weight is 395 g/mol. The van der Waals surface area contributed by atoms with Crippen LogP contribution in [0, 0.1) is 0 Å². The molecule has 6 nitrogen and oxygen atoms in total. The molecular weight excluding hydrogens is 383 g/mol. The molecule has 2 N–H and O–H groups in total. The largest absolute Gasteiger partial charge is 0.339 e. The minimum Gasteiger partial charge on any atom is -0.339 e.